The van der Waals surface area contributed by atoms with Gasteiger partial charge in [-0.3, -0.25) is 9.59 Å². The first kappa shape index (κ1) is 17.4. The predicted molar refractivity (Wildman–Crippen MR) is 103 cm³/mol. The molecule has 2 saturated carbocycles. The van der Waals surface area contributed by atoms with Crippen molar-refractivity contribution in [3.8, 4) is 5.75 Å². The van der Waals surface area contributed by atoms with Crippen molar-refractivity contribution in [1.29, 1.82) is 0 Å². The Morgan fingerprint density at radius 2 is 1.54 bits per heavy atom. The second-order valence-corrected chi connectivity index (χ2v) is 8.19. The van der Waals surface area contributed by atoms with Crippen LogP contribution in [0.2, 0.25) is 5.02 Å². The molecule has 2 aromatic rings. The van der Waals surface area contributed by atoms with Crippen LogP contribution in [0.5, 0.6) is 5.75 Å². The molecule has 6 heteroatoms. The molecule has 0 radical (unpaired) electrons. The van der Waals surface area contributed by atoms with E-state index in [0.29, 0.717) is 28.3 Å². The third kappa shape index (κ3) is 2.57. The Kier molecular flexibility index (Phi) is 4.02. The quantitative estimate of drug-likeness (QED) is 0.446. The number of ether oxygens (including phenoxy) is 1. The molecule has 2 amide bonds. The number of carbonyl (C=O) groups is 3. The molecule has 1 saturated heterocycles. The van der Waals surface area contributed by atoms with Gasteiger partial charge < -0.3 is 4.74 Å². The molecule has 2 bridgehead atoms. The summed E-state index contributed by atoms with van der Waals surface area (Å²) < 4.78 is 5.43. The molecule has 2 aromatic carbocycles. The standard InChI is InChI=1S/C22H18ClNO4/c23-14-7-9-15(10-8-14)28-22(27)16-3-1-2-4-17(16)24-20(25)18-12-5-6-13(11-12)19(18)21(24)26/h1-4,7-10,12-13,18-19H,5-6,11H2/t12-,13-,18+,19+/m1/s1. The Balaban J connectivity index is 1.47. The molecule has 3 fully saturated rings. The van der Waals surface area contributed by atoms with Gasteiger partial charge in [-0.25, -0.2) is 9.69 Å². The maximum Gasteiger partial charge on any atom is 0.345 e. The SMILES string of the molecule is O=C(Oc1ccc(Cl)cc1)c1ccccc1N1C(=O)[C@H]2[C@@H]3CC[C@H](C3)[C@@H]2C1=O. The van der Waals surface area contributed by atoms with Crippen LogP contribution in [0.15, 0.2) is 48.5 Å². The fraction of sp³-hybridized carbons (Fsp3) is 0.318. The molecule has 0 aromatic heterocycles. The van der Waals surface area contributed by atoms with Gasteiger partial charge in [-0.05, 0) is 67.5 Å². The lowest BCUT2D eigenvalue weighted by Crippen LogP contribution is -2.34. The van der Waals surface area contributed by atoms with E-state index in [9.17, 15) is 14.4 Å². The second-order valence-electron chi connectivity index (χ2n) is 7.76. The van der Waals surface area contributed by atoms with Crippen LogP contribution < -0.4 is 9.64 Å². The Labute approximate surface area is 167 Å². The van der Waals surface area contributed by atoms with E-state index in [1.54, 1.807) is 48.5 Å². The maximum atomic E-state index is 13.1. The van der Waals surface area contributed by atoms with Gasteiger partial charge >= 0.3 is 5.97 Å². The zero-order valence-electron chi connectivity index (χ0n) is 15.0. The van der Waals surface area contributed by atoms with Gasteiger partial charge in [-0.2, -0.15) is 0 Å². The minimum absolute atomic E-state index is 0.172. The van der Waals surface area contributed by atoms with Crippen molar-refractivity contribution in [1.82, 2.24) is 0 Å². The number of anilines is 1. The smallest absolute Gasteiger partial charge is 0.345 e. The zero-order valence-corrected chi connectivity index (χ0v) is 15.8. The Morgan fingerprint density at radius 3 is 2.18 bits per heavy atom. The van der Waals surface area contributed by atoms with Crippen molar-refractivity contribution < 1.29 is 19.1 Å². The third-order valence-corrected chi connectivity index (χ3v) is 6.57. The molecule has 1 heterocycles. The van der Waals surface area contributed by atoms with Crippen molar-refractivity contribution >= 4 is 35.1 Å². The van der Waals surface area contributed by atoms with Gasteiger partial charge in [0, 0.05) is 5.02 Å². The van der Waals surface area contributed by atoms with Crippen LogP contribution in [-0.2, 0) is 9.59 Å². The number of hydrogen-bond donors (Lipinski definition) is 0. The Bertz CT molecular complexity index is 958. The van der Waals surface area contributed by atoms with Crippen molar-refractivity contribution in [3.63, 3.8) is 0 Å². The van der Waals surface area contributed by atoms with Crippen LogP contribution in [-0.4, -0.2) is 17.8 Å². The van der Waals surface area contributed by atoms with E-state index in [1.807, 2.05) is 0 Å². The molecular weight excluding hydrogens is 378 g/mol. The molecule has 2 aliphatic carbocycles. The number of fused-ring (bicyclic) bond motifs is 5. The van der Waals surface area contributed by atoms with Crippen LogP contribution in [0, 0.1) is 23.7 Å². The highest BCUT2D eigenvalue weighted by molar-refractivity contribution is 6.30. The van der Waals surface area contributed by atoms with Gasteiger partial charge in [0.05, 0.1) is 23.1 Å². The Hall–Kier alpha value is -2.66. The fourth-order valence-electron chi connectivity index (χ4n) is 5.15. The molecule has 28 heavy (non-hydrogen) atoms. The summed E-state index contributed by atoms with van der Waals surface area (Å²) in [4.78, 5) is 40.2. The van der Waals surface area contributed by atoms with E-state index in [-0.39, 0.29) is 29.2 Å². The van der Waals surface area contributed by atoms with Gasteiger partial charge in [-0.1, -0.05) is 23.7 Å². The number of imide groups is 1. The number of hydrogen-bond acceptors (Lipinski definition) is 4. The molecule has 5 nitrogen and oxygen atoms in total. The minimum atomic E-state index is -0.612. The molecule has 3 aliphatic rings. The number of halogens is 1. The van der Waals surface area contributed by atoms with Crippen molar-refractivity contribution in [2.24, 2.45) is 23.7 Å². The first-order chi connectivity index (χ1) is 13.5. The summed E-state index contributed by atoms with van der Waals surface area (Å²) in [6.45, 7) is 0. The van der Waals surface area contributed by atoms with E-state index < -0.39 is 5.97 Å². The summed E-state index contributed by atoms with van der Waals surface area (Å²) in [6.07, 6.45) is 3.00. The monoisotopic (exact) mass is 395 g/mol. The third-order valence-electron chi connectivity index (χ3n) is 6.32. The van der Waals surface area contributed by atoms with Crippen LogP contribution in [0.25, 0.3) is 0 Å². The van der Waals surface area contributed by atoms with E-state index >= 15 is 0 Å². The van der Waals surface area contributed by atoms with Gasteiger partial charge in [0.15, 0.2) is 0 Å². The predicted octanol–water partition coefficient (Wildman–Crippen LogP) is 4.09. The lowest BCUT2D eigenvalue weighted by Gasteiger charge is -2.19. The highest BCUT2D eigenvalue weighted by Gasteiger charge is 2.61. The fourth-order valence-corrected chi connectivity index (χ4v) is 5.28. The lowest BCUT2D eigenvalue weighted by atomic mass is 9.81. The van der Waals surface area contributed by atoms with Crippen molar-refractivity contribution in [3.05, 3.63) is 59.1 Å². The number of nitrogens with zero attached hydrogens (tertiary/aromatic N) is 1. The minimum Gasteiger partial charge on any atom is -0.423 e. The van der Waals surface area contributed by atoms with E-state index in [4.69, 9.17) is 16.3 Å². The van der Waals surface area contributed by atoms with E-state index in [1.165, 1.54) is 4.90 Å². The summed E-state index contributed by atoms with van der Waals surface area (Å²) in [5.41, 5.74) is 0.511. The van der Waals surface area contributed by atoms with Gasteiger partial charge in [0.25, 0.3) is 0 Å². The largest absolute Gasteiger partial charge is 0.423 e. The number of benzene rings is 2. The molecule has 142 valence electrons. The first-order valence-electron chi connectivity index (χ1n) is 9.49. The van der Waals surface area contributed by atoms with E-state index in [2.05, 4.69) is 0 Å². The van der Waals surface area contributed by atoms with Gasteiger partial charge in [-0.15, -0.1) is 0 Å². The van der Waals surface area contributed by atoms with Gasteiger partial charge in [0.2, 0.25) is 11.8 Å². The van der Waals surface area contributed by atoms with Crippen LogP contribution in [0.4, 0.5) is 5.69 Å². The normalized spacial score (nSPS) is 28.0. The lowest BCUT2D eigenvalue weighted by molar-refractivity contribution is -0.123. The zero-order chi connectivity index (χ0) is 19.4. The number of esters is 1. The van der Waals surface area contributed by atoms with E-state index in [0.717, 1.165) is 19.3 Å². The van der Waals surface area contributed by atoms with Crippen LogP contribution >= 0.6 is 11.6 Å². The first-order valence-corrected chi connectivity index (χ1v) is 9.87. The molecule has 0 N–H and O–H groups in total. The highest BCUT2D eigenvalue weighted by atomic mass is 35.5. The summed E-state index contributed by atoms with van der Waals surface area (Å²) in [7, 11) is 0. The average Bonchev–Trinajstić information content (AvgIpc) is 3.37. The van der Waals surface area contributed by atoms with Crippen LogP contribution in [0.1, 0.15) is 29.6 Å². The number of para-hydroxylation sites is 1. The number of rotatable bonds is 3. The molecule has 0 spiro atoms. The summed E-state index contributed by atoms with van der Waals surface area (Å²) in [6, 6.07) is 13.1. The van der Waals surface area contributed by atoms with Gasteiger partial charge in [0.1, 0.15) is 5.75 Å². The highest BCUT2D eigenvalue weighted by Crippen LogP contribution is 2.56. The molecule has 1 aliphatic heterocycles. The summed E-state index contributed by atoms with van der Waals surface area (Å²) >= 11 is 5.86. The topological polar surface area (TPSA) is 63.7 Å². The van der Waals surface area contributed by atoms with Crippen molar-refractivity contribution in [2.45, 2.75) is 19.3 Å². The average molecular weight is 396 g/mol. The number of carbonyl (C=O) groups excluding carboxylic acids is 3. The number of amides is 2. The van der Waals surface area contributed by atoms with Crippen LogP contribution in [0.3, 0.4) is 0 Å². The molecular formula is C22H18ClNO4. The molecule has 5 rings (SSSR count). The molecule has 4 atom stereocenters. The summed E-state index contributed by atoms with van der Waals surface area (Å²) in [5.74, 6) is -0.480. The summed E-state index contributed by atoms with van der Waals surface area (Å²) in [5, 5.41) is 0.537. The van der Waals surface area contributed by atoms with Crippen molar-refractivity contribution in [2.75, 3.05) is 4.90 Å². The Morgan fingerprint density at radius 1 is 0.929 bits per heavy atom. The second kappa shape index (κ2) is 6.45. The maximum absolute atomic E-state index is 13.1. The molecule has 0 unspecified atom stereocenters.